The van der Waals surface area contributed by atoms with Gasteiger partial charge in [0.25, 0.3) is 10.0 Å². The normalized spacial score (nSPS) is 11.6. The Kier molecular flexibility index (Phi) is 3.71. The summed E-state index contributed by atoms with van der Waals surface area (Å²) in [6.45, 7) is 3.64. The number of anilines is 2. The van der Waals surface area contributed by atoms with Gasteiger partial charge in [-0.1, -0.05) is 19.1 Å². The van der Waals surface area contributed by atoms with E-state index in [4.69, 9.17) is 5.73 Å². The lowest BCUT2D eigenvalue weighted by molar-refractivity contribution is 0.601. The molecule has 0 unspecified atom stereocenters. The first kappa shape index (κ1) is 14.4. The standard InChI is InChI=1S/C13H18N4O2S/c1-4-11-12(8-17(3)15-11)16-20(18,19)13-9(2)6-5-7-10(13)14/h5-8,16H,4,14H2,1-3H3. The highest BCUT2D eigenvalue weighted by atomic mass is 32.2. The molecule has 2 aromatic rings. The Bertz CT molecular complexity index is 715. The molecule has 1 aromatic heterocycles. The second kappa shape index (κ2) is 5.16. The van der Waals surface area contributed by atoms with Gasteiger partial charge in [-0.3, -0.25) is 9.40 Å². The third-order valence-electron chi connectivity index (χ3n) is 3.00. The second-order valence-corrected chi connectivity index (χ2v) is 6.23. The Morgan fingerprint density at radius 1 is 1.40 bits per heavy atom. The van der Waals surface area contributed by atoms with Crippen molar-refractivity contribution in [1.29, 1.82) is 0 Å². The van der Waals surface area contributed by atoms with Crippen LogP contribution in [0.25, 0.3) is 0 Å². The van der Waals surface area contributed by atoms with E-state index in [9.17, 15) is 8.42 Å². The number of nitrogens with one attached hydrogen (secondary N) is 1. The summed E-state index contributed by atoms with van der Waals surface area (Å²) in [6, 6.07) is 5.02. The molecule has 0 saturated carbocycles. The van der Waals surface area contributed by atoms with Crippen LogP contribution in [0, 0.1) is 6.92 Å². The quantitative estimate of drug-likeness (QED) is 0.839. The van der Waals surface area contributed by atoms with Crippen molar-refractivity contribution in [3.8, 4) is 0 Å². The highest BCUT2D eigenvalue weighted by molar-refractivity contribution is 7.93. The van der Waals surface area contributed by atoms with Crippen LogP contribution in [0.2, 0.25) is 0 Å². The molecule has 0 bridgehead atoms. The van der Waals surface area contributed by atoms with Gasteiger partial charge < -0.3 is 5.73 Å². The Morgan fingerprint density at radius 2 is 2.10 bits per heavy atom. The molecule has 0 aliphatic rings. The molecule has 0 aliphatic carbocycles. The highest BCUT2D eigenvalue weighted by Crippen LogP contribution is 2.26. The van der Waals surface area contributed by atoms with Crippen molar-refractivity contribution in [2.24, 2.45) is 7.05 Å². The van der Waals surface area contributed by atoms with Crippen molar-refractivity contribution < 1.29 is 8.42 Å². The van der Waals surface area contributed by atoms with Crippen molar-refractivity contribution in [3.63, 3.8) is 0 Å². The lowest BCUT2D eigenvalue weighted by Gasteiger charge is -2.12. The van der Waals surface area contributed by atoms with E-state index >= 15 is 0 Å². The number of rotatable bonds is 4. The molecule has 2 rings (SSSR count). The molecule has 0 amide bonds. The number of benzene rings is 1. The molecular weight excluding hydrogens is 276 g/mol. The summed E-state index contributed by atoms with van der Waals surface area (Å²) in [5.74, 6) is 0. The predicted octanol–water partition coefficient (Wildman–Crippen LogP) is 1.67. The molecular formula is C13H18N4O2S. The van der Waals surface area contributed by atoms with Crippen LogP contribution >= 0.6 is 0 Å². The van der Waals surface area contributed by atoms with E-state index in [1.165, 1.54) is 0 Å². The van der Waals surface area contributed by atoms with Crippen LogP contribution in [0.5, 0.6) is 0 Å². The average molecular weight is 294 g/mol. The summed E-state index contributed by atoms with van der Waals surface area (Å²) in [4.78, 5) is 0.117. The molecule has 7 heteroatoms. The van der Waals surface area contributed by atoms with Gasteiger partial charge in [0.2, 0.25) is 0 Å². The van der Waals surface area contributed by atoms with Crippen LogP contribution in [0.15, 0.2) is 29.3 Å². The van der Waals surface area contributed by atoms with E-state index in [1.54, 1.807) is 43.0 Å². The van der Waals surface area contributed by atoms with Gasteiger partial charge in [-0.05, 0) is 25.0 Å². The van der Waals surface area contributed by atoms with Crippen molar-refractivity contribution >= 4 is 21.4 Å². The molecule has 108 valence electrons. The number of nitrogens with zero attached hydrogens (tertiary/aromatic N) is 2. The summed E-state index contributed by atoms with van der Waals surface area (Å²) >= 11 is 0. The highest BCUT2D eigenvalue weighted by Gasteiger charge is 2.22. The number of nitrogen functional groups attached to an aromatic ring is 1. The van der Waals surface area contributed by atoms with Crippen LogP contribution in [-0.2, 0) is 23.5 Å². The van der Waals surface area contributed by atoms with Gasteiger partial charge in [0.1, 0.15) is 4.90 Å². The molecule has 6 nitrogen and oxygen atoms in total. The Balaban J connectivity index is 2.46. The molecule has 20 heavy (non-hydrogen) atoms. The summed E-state index contributed by atoms with van der Waals surface area (Å²) in [6.07, 6.45) is 2.28. The van der Waals surface area contributed by atoms with Gasteiger partial charge >= 0.3 is 0 Å². The van der Waals surface area contributed by atoms with E-state index in [0.717, 1.165) is 0 Å². The van der Waals surface area contributed by atoms with Gasteiger partial charge in [0, 0.05) is 13.2 Å². The fraction of sp³-hybridized carbons (Fsp3) is 0.308. The molecule has 1 aromatic carbocycles. The Hall–Kier alpha value is -2.02. The van der Waals surface area contributed by atoms with Crippen LogP contribution in [-0.4, -0.2) is 18.2 Å². The third kappa shape index (κ3) is 2.62. The van der Waals surface area contributed by atoms with Crippen LogP contribution < -0.4 is 10.5 Å². The van der Waals surface area contributed by atoms with Gasteiger partial charge in [-0.2, -0.15) is 5.10 Å². The first-order valence-electron chi connectivity index (χ1n) is 6.25. The smallest absolute Gasteiger partial charge is 0.264 e. The average Bonchev–Trinajstić information content (AvgIpc) is 2.67. The zero-order valence-electron chi connectivity index (χ0n) is 11.7. The molecule has 0 radical (unpaired) electrons. The Labute approximate surface area is 118 Å². The molecule has 0 aliphatic heterocycles. The van der Waals surface area contributed by atoms with Crippen molar-refractivity contribution in [1.82, 2.24) is 9.78 Å². The number of aromatic nitrogens is 2. The van der Waals surface area contributed by atoms with E-state index in [2.05, 4.69) is 9.82 Å². The maximum Gasteiger partial charge on any atom is 0.264 e. The first-order chi connectivity index (χ1) is 9.35. The molecule has 0 fully saturated rings. The number of hydrogen-bond acceptors (Lipinski definition) is 4. The summed E-state index contributed by atoms with van der Waals surface area (Å²) < 4.78 is 29.1. The maximum absolute atomic E-state index is 12.5. The van der Waals surface area contributed by atoms with E-state index in [0.29, 0.717) is 23.4 Å². The van der Waals surface area contributed by atoms with Gasteiger partial charge in [0.05, 0.1) is 17.1 Å². The van der Waals surface area contributed by atoms with Crippen LogP contribution in [0.4, 0.5) is 11.4 Å². The Morgan fingerprint density at radius 3 is 2.70 bits per heavy atom. The van der Waals surface area contributed by atoms with Gasteiger partial charge in [-0.25, -0.2) is 8.42 Å². The molecule has 1 heterocycles. The monoisotopic (exact) mass is 294 g/mol. The van der Waals surface area contributed by atoms with Crippen LogP contribution in [0.3, 0.4) is 0 Å². The lowest BCUT2D eigenvalue weighted by Crippen LogP contribution is -2.16. The van der Waals surface area contributed by atoms with Gasteiger partial charge in [-0.15, -0.1) is 0 Å². The van der Waals surface area contributed by atoms with E-state index < -0.39 is 10.0 Å². The molecule has 0 saturated heterocycles. The SMILES string of the molecule is CCc1nn(C)cc1NS(=O)(=O)c1c(C)cccc1N. The summed E-state index contributed by atoms with van der Waals surface area (Å²) in [5, 5.41) is 4.21. The molecule has 0 spiro atoms. The first-order valence-corrected chi connectivity index (χ1v) is 7.74. The number of aryl methyl sites for hydroxylation is 3. The topological polar surface area (TPSA) is 90.0 Å². The second-order valence-electron chi connectivity index (χ2n) is 4.62. The molecule has 0 atom stereocenters. The van der Waals surface area contributed by atoms with Crippen molar-refractivity contribution in [3.05, 3.63) is 35.7 Å². The number of hydrogen-bond donors (Lipinski definition) is 2. The zero-order valence-corrected chi connectivity index (χ0v) is 12.5. The summed E-state index contributed by atoms with van der Waals surface area (Å²) in [7, 11) is -1.97. The largest absolute Gasteiger partial charge is 0.398 e. The third-order valence-corrected chi connectivity index (χ3v) is 4.58. The van der Waals surface area contributed by atoms with Crippen molar-refractivity contribution in [2.75, 3.05) is 10.5 Å². The number of nitrogens with two attached hydrogens (primary N) is 1. The fourth-order valence-electron chi connectivity index (χ4n) is 2.12. The fourth-order valence-corrected chi connectivity index (χ4v) is 3.55. The lowest BCUT2D eigenvalue weighted by atomic mass is 10.2. The minimum atomic E-state index is -3.72. The van der Waals surface area contributed by atoms with E-state index in [1.807, 2.05) is 6.92 Å². The summed E-state index contributed by atoms with van der Waals surface area (Å²) in [5.41, 5.74) is 7.82. The van der Waals surface area contributed by atoms with Crippen molar-refractivity contribution in [2.45, 2.75) is 25.2 Å². The molecule has 3 N–H and O–H groups in total. The van der Waals surface area contributed by atoms with E-state index in [-0.39, 0.29) is 10.6 Å². The van der Waals surface area contributed by atoms with Gasteiger partial charge in [0.15, 0.2) is 0 Å². The zero-order chi connectivity index (χ0) is 14.9. The predicted molar refractivity (Wildman–Crippen MR) is 79.0 cm³/mol. The minimum absolute atomic E-state index is 0.117. The van der Waals surface area contributed by atoms with Crippen LogP contribution in [0.1, 0.15) is 18.2 Å². The number of sulfonamides is 1. The minimum Gasteiger partial charge on any atom is -0.398 e. The maximum atomic E-state index is 12.5.